The molecular formula is C10H11ClN4. The second-order valence-corrected chi connectivity index (χ2v) is 3.62. The number of nitrogens with two attached hydrogens (primary N) is 1. The van der Waals surface area contributed by atoms with Crippen molar-refractivity contribution in [3.63, 3.8) is 0 Å². The second-order valence-electron chi connectivity index (χ2n) is 3.22. The molecule has 15 heavy (non-hydrogen) atoms. The summed E-state index contributed by atoms with van der Waals surface area (Å²) in [5.41, 5.74) is 8.29. The van der Waals surface area contributed by atoms with Gasteiger partial charge < -0.3 is 5.73 Å². The highest BCUT2D eigenvalue weighted by Gasteiger charge is 2.07. The molecule has 0 amide bonds. The van der Waals surface area contributed by atoms with Gasteiger partial charge in [-0.2, -0.15) is 5.10 Å². The lowest BCUT2D eigenvalue weighted by Crippen LogP contribution is -2.05. The number of aromatic nitrogens is 3. The Kier molecular flexibility index (Phi) is 2.70. The minimum atomic E-state index is 0.453. The minimum absolute atomic E-state index is 0.453. The first-order valence-electron chi connectivity index (χ1n) is 4.57. The monoisotopic (exact) mass is 222 g/mol. The Morgan fingerprint density at radius 3 is 2.93 bits per heavy atom. The van der Waals surface area contributed by atoms with Gasteiger partial charge in [-0.25, -0.2) is 4.68 Å². The van der Waals surface area contributed by atoms with Gasteiger partial charge in [-0.3, -0.25) is 4.98 Å². The lowest BCUT2D eigenvalue weighted by atomic mass is 10.2. The van der Waals surface area contributed by atoms with Crippen molar-refractivity contribution in [2.75, 3.05) is 0 Å². The van der Waals surface area contributed by atoms with Gasteiger partial charge in [-0.05, 0) is 18.6 Å². The number of hydrogen-bond donors (Lipinski definition) is 1. The van der Waals surface area contributed by atoms with Gasteiger partial charge in [0.25, 0.3) is 0 Å². The molecule has 0 spiro atoms. The molecule has 0 atom stereocenters. The van der Waals surface area contributed by atoms with Crippen molar-refractivity contribution in [1.29, 1.82) is 0 Å². The molecule has 2 heterocycles. The molecule has 2 aromatic heterocycles. The van der Waals surface area contributed by atoms with Crippen molar-refractivity contribution >= 4 is 11.6 Å². The molecule has 0 radical (unpaired) electrons. The zero-order valence-electron chi connectivity index (χ0n) is 8.31. The average Bonchev–Trinajstić information content (AvgIpc) is 2.59. The van der Waals surface area contributed by atoms with Crippen molar-refractivity contribution in [3.05, 3.63) is 40.9 Å². The van der Waals surface area contributed by atoms with Gasteiger partial charge in [0.1, 0.15) is 0 Å². The number of rotatable bonds is 2. The fourth-order valence-corrected chi connectivity index (χ4v) is 1.49. The van der Waals surface area contributed by atoms with Crippen LogP contribution in [0, 0.1) is 6.92 Å². The van der Waals surface area contributed by atoms with Gasteiger partial charge in [-0.1, -0.05) is 11.6 Å². The molecule has 0 fully saturated rings. The summed E-state index contributed by atoms with van der Waals surface area (Å²) in [5.74, 6) is 0. The standard InChI is InChI=1S/C10H11ClN4/c1-7-9(11)6-15(14-7)10-5-13-3-2-8(10)4-12/h2-3,5-6H,4,12H2,1H3. The van der Waals surface area contributed by atoms with Crippen molar-refractivity contribution in [3.8, 4) is 5.69 Å². The predicted molar refractivity (Wildman–Crippen MR) is 59.0 cm³/mol. The molecule has 2 aromatic rings. The summed E-state index contributed by atoms with van der Waals surface area (Å²) in [6.07, 6.45) is 5.20. The van der Waals surface area contributed by atoms with Crippen LogP contribution in [0.25, 0.3) is 5.69 Å². The fraction of sp³-hybridized carbons (Fsp3) is 0.200. The number of pyridine rings is 1. The van der Waals surface area contributed by atoms with E-state index in [2.05, 4.69) is 10.1 Å². The minimum Gasteiger partial charge on any atom is -0.326 e. The predicted octanol–water partition coefficient (Wildman–Crippen LogP) is 1.69. The van der Waals surface area contributed by atoms with Gasteiger partial charge in [0.05, 0.1) is 22.6 Å². The molecule has 0 saturated carbocycles. The molecular weight excluding hydrogens is 212 g/mol. The van der Waals surface area contributed by atoms with Crippen LogP contribution in [0.4, 0.5) is 0 Å². The SMILES string of the molecule is Cc1nn(-c2cnccc2CN)cc1Cl. The molecule has 4 nitrogen and oxygen atoms in total. The molecule has 78 valence electrons. The first kappa shape index (κ1) is 10.1. The molecule has 0 unspecified atom stereocenters. The van der Waals surface area contributed by atoms with E-state index >= 15 is 0 Å². The topological polar surface area (TPSA) is 56.7 Å². The van der Waals surface area contributed by atoms with Crippen LogP contribution in [0.1, 0.15) is 11.3 Å². The third-order valence-electron chi connectivity index (χ3n) is 2.19. The summed E-state index contributed by atoms with van der Waals surface area (Å²) in [5, 5.41) is 4.92. The Hall–Kier alpha value is -1.39. The first-order valence-corrected chi connectivity index (χ1v) is 4.95. The van der Waals surface area contributed by atoms with E-state index in [0.29, 0.717) is 11.6 Å². The third kappa shape index (κ3) is 1.86. The van der Waals surface area contributed by atoms with Crippen molar-refractivity contribution in [1.82, 2.24) is 14.8 Å². The van der Waals surface area contributed by atoms with Crippen LogP contribution in [0.2, 0.25) is 5.02 Å². The molecule has 0 aliphatic carbocycles. The number of aryl methyl sites for hydroxylation is 1. The van der Waals surface area contributed by atoms with Crippen LogP contribution in [-0.4, -0.2) is 14.8 Å². The second kappa shape index (κ2) is 4.00. The summed E-state index contributed by atoms with van der Waals surface area (Å²) >= 11 is 5.94. The van der Waals surface area contributed by atoms with Crippen LogP contribution in [-0.2, 0) is 6.54 Å². The van der Waals surface area contributed by atoms with Gasteiger partial charge in [0.15, 0.2) is 0 Å². The van der Waals surface area contributed by atoms with Crippen LogP contribution in [0.3, 0.4) is 0 Å². The van der Waals surface area contributed by atoms with Crippen molar-refractivity contribution in [2.24, 2.45) is 5.73 Å². The quantitative estimate of drug-likeness (QED) is 0.841. The summed E-state index contributed by atoms with van der Waals surface area (Å²) in [6, 6.07) is 1.88. The van der Waals surface area contributed by atoms with Gasteiger partial charge >= 0.3 is 0 Å². The molecule has 0 saturated heterocycles. The Balaban J connectivity index is 2.53. The van der Waals surface area contributed by atoms with Gasteiger partial charge in [0.2, 0.25) is 0 Å². The van der Waals surface area contributed by atoms with Crippen molar-refractivity contribution < 1.29 is 0 Å². The van der Waals surface area contributed by atoms with E-state index in [1.165, 1.54) is 0 Å². The Morgan fingerprint density at radius 2 is 2.33 bits per heavy atom. The van der Waals surface area contributed by atoms with Crippen molar-refractivity contribution in [2.45, 2.75) is 13.5 Å². The molecule has 0 bridgehead atoms. The third-order valence-corrected chi connectivity index (χ3v) is 2.56. The Morgan fingerprint density at radius 1 is 1.53 bits per heavy atom. The fourth-order valence-electron chi connectivity index (χ4n) is 1.36. The first-order chi connectivity index (χ1) is 7.22. The highest BCUT2D eigenvalue weighted by Crippen LogP contribution is 2.17. The van der Waals surface area contributed by atoms with Crippen LogP contribution >= 0.6 is 11.6 Å². The van der Waals surface area contributed by atoms with Crippen LogP contribution in [0.5, 0.6) is 0 Å². The van der Waals surface area contributed by atoms with E-state index in [0.717, 1.165) is 16.9 Å². The molecule has 0 aliphatic rings. The Bertz CT molecular complexity index is 459. The van der Waals surface area contributed by atoms with E-state index in [1.54, 1.807) is 23.3 Å². The highest BCUT2D eigenvalue weighted by molar-refractivity contribution is 6.31. The molecule has 0 aromatic carbocycles. The molecule has 0 aliphatic heterocycles. The van der Waals surface area contributed by atoms with Crippen LogP contribution in [0.15, 0.2) is 24.7 Å². The summed E-state index contributed by atoms with van der Waals surface area (Å²) < 4.78 is 1.70. The highest BCUT2D eigenvalue weighted by atomic mass is 35.5. The number of nitrogens with zero attached hydrogens (tertiary/aromatic N) is 3. The zero-order chi connectivity index (χ0) is 10.8. The summed E-state index contributed by atoms with van der Waals surface area (Å²) in [4.78, 5) is 4.05. The van der Waals surface area contributed by atoms with E-state index in [4.69, 9.17) is 17.3 Å². The van der Waals surface area contributed by atoms with Crippen LogP contribution < -0.4 is 5.73 Å². The van der Waals surface area contributed by atoms with E-state index in [-0.39, 0.29) is 0 Å². The maximum absolute atomic E-state index is 5.94. The van der Waals surface area contributed by atoms with E-state index in [1.807, 2.05) is 13.0 Å². The molecule has 2 N–H and O–H groups in total. The van der Waals surface area contributed by atoms with Gasteiger partial charge in [-0.15, -0.1) is 0 Å². The molecule has 2 rings (SSSR count). The average molecular weight is 223 g/mol. The lowest BCUT2D eigenvalue weighted by Gasteiger charge is -2.05. The Labute approximate surface area is 92.7 Å². The maximum atomic E-state index is 5.94. The lowest BCUT2D eigenvalue weighted by molar-refractivity contribution is 0.837. The molecule has 5 heteroatoms. The zero-order valence-corrected chi connectivity index (χ0v) is 9.07. The van der Waals surface area contributed by atoms with E-state index in [9.17, 15) is 0 Å². The largest absolute Gasteiger partial charge is 0.326 e. The summed E-state index contributed by atoms with van der Waals surface area (Å²) in [6.45, 7) is 2.31. The normalized spacial score (nSPS) is 10.6. The smallest absolute Gasteiger partial charge is 0.0874 e. The summed E-state index contributed by atoms with van der Waals surface area (Å²) in [7, 11) is 0. The number of halogens is 1. The van der Waals surface area contributed by atoms with E-state index < -0.39 is 0 Å². The van der Waals surface area contributed by atoms with Gasteiger partial charge in [0, 0.05) is 18.9 Å². The maximum Gasteiger partial charge on any atom is 0.0874 e. The number of hydrogen-bond acceptors (Lipinski definition) is 3.